The molecule has 0 unspecified atom stereocenters. The minimum absolute atomic E-state index is 0.215. The predicted octanol–water partition coefficient (Wildman–Crippen LogP) is 1.66. The Hall–Kier alpha value is -1.63. The van der Waals surface area contributed by atoms with Gasteiger partial charge in [-0.25, -0.2) is 0 Å². The van der Waals surface area contributed by atoms with Crippen LogP contribution in [0.3, 0.4) is 0 Å². The summed E-state index contributed by atoms with van der Waals surface area (Å²) in [5.74, 6) is 1.53. The fraction of sp³-hybridized carbons (Fsp3) is 0.682. The van der Waals surface area contributed by atoms with Crippen molar-refractivity contribution in [2.45, 2.75) is 25.8 Å². The van der Waals surface area contributed by atoms with Crippen LogP contribution < -0.4 is 10.1 Å². The number of nitrogens with one attached hydrogen (secondary N) is 1. The van der Waals surface area contributed by atoms with Crippen LogP contribution in [0, 0.1) is 5.92 Å². The smallest absolute Gasteiger partial charge is 0.225 e. The summed E-state index contributed by atoms with van der Waals surface area (Å²) in [7, 11) is 4.16. The number of benzene rings is 1. The Balaban J connectivity index is 1.37. The topological polar surface area (TPSA) is 48.1 Å². The van der Waals surface area contributed by atoms with Crippen LogP contribution in [-0.2, 0) is 11.3 Å². The molecule has 0 saturated carbocycles. The van der Waals surface area contributed by atoms with Gasteiger partial charge < -0.3 is 19.9 Å². The van der Waals surface area contributed by atoms with Crippen LogP contribution in [0.1, 0.15) is 24.8 Å². The molecule has 1 aromatic carbocycles. The molecule has 0 radical (unpaired) electrons. The van der Waals surface area contributed by atoms with E-state index in [1.807, 2.05) is 4.90 Å². The maximum absolute atomic E-state index is 12.7. The molecule has 1 amide bonds. The van der Waals surface area contributed by atoms with Gasteiger partial charge in [0.05, 0.1) is 6.61 Å². The molecule has 2 heterocycles. The zero-order valence-corrected chi connectivity index (χ0v) is 17.5. The van der Waals surface area contributed by atoms with Crippen molar-refractivity contribution >= 4 is 5.91 Å². The van der Waals surface area contributed by atoms with E-state index in [4.69, 9.17) is 4.74 Å². The fourth-order valence-electron chi connectivity index (χ4n) is 4.00. The second-order valence-corrected chi connectivity index (χ2v) is 8.27. The maximum atomic E-state index is 12.7. The van der Waals surface area contributed by atoms with Crippen LogP contribution in [0.25, 0.3) is 0 Å². The zero-order valence-electron chi connectivity index (χ0n) is 17.5. The third-order valence-electron chi connectivity index (χ3n) is 5.71. The molecule has 6 nitrogen and oxygen atoms in total. The van der Waals surface area contributed by atoms with E-state index in [1.165, 1.54) is 5.56 Å². The number of hydrogen-bond donors (Lipinski definition) is 1. The second-order valence-electron chi connectivity index (χ2n) is 8.27. The first-order valence-corrected chi connectivity index (χ1v) is 10.7. The van der Waals surface area contributed by atoms with Gasteiger partial charge in [-0.2, -0.15) is 0 Å². The van der Waals surface area contributed by atoms with E-state index in [9.17, 15) is 4.79 Å². The summed E-state index contributed by atoms with van der Waals surface area (Å²) in [5.41, 5.74) is 1.31. The number of amides is 1. The van der Waals surface area contributed by atoms with Crippen molar-refractivity contribution in [3.8, 4) is 5.75 Å². The number of hydrogen-bond acceptors (Lipinski definition) is 5. The van der Waals surface area contributed by atoms with Crippen LogP contribution in [0.15, 0.2) is 24.3 Å². The van der Waals surface area contributed by atoms with Crippen molar-refractivity contribution in [1.82, 2.24) is 20.0 Å². The molecule has 3 rings (SSSR count). The number of carbonyl (C=O) groups is 1. The molecular formula is C22H36N4O2. The van der Waals surface area contributed by atoms with E-state index in [0.717, 1.165) is 84.0 Å². The van der Waals surface area contributed by atoms with Crippen LogP contribution in [-0.4, -0.2) is 87.1 Å². The summed E-state index contributed by atoms with van der Waals surface area (Å²) in [6.07, 6.45) is 3.00. The molecule has 2 aliphatic rings. The molecule has 2 saturated heterocycles. The summed E-state index contributed by atoms with van der Waals surface area (Å²) < 4.78 is 5.81. The third kappa shape index (κ3) is 6.47. The van der Waals surface area contributed by atoms with Gasteiger partial charge in [0.2, 0.25) is 5.91 Å². The van der Waals surface area contributed by atoms with Crippen molar-refractivity contribution < 1.29 is 9.53 Å². The van der Waals surface area contributed by atoms with Crippen molar-refractivity contribution in [1.29, 1.82) is 0 Å². The number of piperazine rings is 1. The Morgan fingerprint density at radius 3 is 2.43 bits per heavy atom. The van der Waals surface area contributed by atoms with Crippen molar-refractivity contribution in [2.24, 2.45) is 5.92 Å². The van der Waals surface area contributed by atoms with Gasteiger partial charge in [0, 0.05) is 45.2 Å². The first kappa shape index (κ1) is 21.1. The zero-order chi connectivity index (χ0) is 19.8. The van der Waals surface area contributed by atoms with Crippen molar-refractivity contribution in [3.63, 3.8) is 0 Å². The lowest BCUT2D eigenvalue weighted by Crippen LogP contribution is -2.50. The van der Waals surface area contributed by atoms with Gasteiger partial charge in [-0.05, 0) is 64.1 Å². The normalized spacial score (nSPS) is 19.2. The Kier molecular flexibility index (Phi) is 8.13. The van der Waals surface area contributed by atoms with E-state index >= 15 is 0 Å². The highest BCUT2D eigenvalue weighted by Gasteiger charge is 2.29. The van der Waals surface area contributed by atoms with E-state index in [0.29, 0.717) is 5.91 Å². The van der Waals surface area contributed by atoms with Crippen LogP contribution in [0.5, 0.6) is 5.75 Å². The monoisotopic (exact) mass is 388 g/mol. The minimum atomic E-state index is 0.215. The number of likely N-dealkylation sites (tertiary alicyclic amines) is 1. The predicted molar refractivity (Wildman–Crippen MR) is 113 cm³/mol. The molecule has 0 spiro atoms. The molecule has 2 aliphatic heterocycles. The summed E-state index contributed by atoms with van der Waals surface area (Å²) in [6, 6.07) is 8.48. The van der Waals surface area contributed by atoms with Crippen molar-refractivity contribution in [3.05, 3.63) is 29.8 Å². The number of ether oxygens (including phenoxy) is 1. The molecule has 1 aromatic rings. The highest BCUT2D eigenvalue weighted by molar-refractivity contribution is 5.79. The van der Waals surface area contributed by atoms with E-state index in [-0.39, 0.29) is 5.92 Å². The molecule has 2 fully saturated rings. The third-order valence-corrected chi connectivity index (χ3v) is 5.71. The van der Waals surface area contributed by atoms with Gasteiger partial charge in [-0.1, -0.05) is 12.1 Å². The van der Waals surface area contributed by atoms with Gasteiger partial charge in [-0.15, -0.1) is 0 Å². The average Bonchev–Trinajstić information content (AvgIpc) is 2.73. The van der Waals surface area contributed by atoms with Gasteiger partial charge in [0.15, 0.2) is 0 Å². The molecule has 0 aliphatic carbocycles. The van der Waals surface area contributed by atoms with Gasteiger partial charge >= 0.3 is 0 Å². The maximum Gasteiger partial charge on any atom is 0.225 e. The second kappa shape index (κ2) is 10.8. The minimum Gasteiger partial charge on any atom is -0.494 e. The van der Waals surface area contributed by atoms with E-state index < -0.39 is 0 Å². The van der Waals surface area contributed by atoms with Gasteiger partial charge in [0.1, 0.15) is 5.75 Å². The standard InChI is InChI=1S/C22H36N4O2/c1-24(2)12-3-17-28-21-6-4-19(5-7-21)18-25-13-8-20(9-14-25)22(27)26-15-10-23-11-16-26/h4-7,20,23H,3,8-18H2,1-2H3. The molecule has 0 bridgehead atoms. The number of rotatable bonds is 8. The fourth-order valence-corrected chi connectivity index (χ4v) is 4.00. The summed E-state index contributed by atoms with van der Waals surface area (Å²) in [5, 5.41) is 3.32. The molecule has 6 heteroatoms. The Morgan fingerprint density at radius 2 is 1.79 bits per heavy atom. The Bertz CT molecular complexity index is 591. The number of carbonyl (C=O) groups excluding carboxylic acids is 1. The van der Waals surface area contributed by atoms with Crippen LogP contribution >= 0.6 is 0 Å². The summed E-state index contributed by atoms with van der Waals surface area (Å²) >= 11 is 0. The first-order chi connectivity index (χ1) is 13.6. The summed E-state index contributed by atoms with van der Waals surface area (Å²) in [6.45, 7) is 8.36. The molecule has 156 valence electrons. The van der Waals surface area contributed by atoms with Gasteiger partial charge in [0.25, 0.3) is 0 Å². The lowest BCUT2D eigenvalue weighted by Gasteiger charge is -2.35. The molecule has 28 heavy (non-hydrogen) atoms. The van der Waals surface area contributed by atoms with E-state index in [1.54, 1.807) is 0 Å². The quantitative estimate of drug-likeness (QED) is 0.687. The molecular weight excluding hydrogens is 352 g/mol. The highest BCUT2D eigenvalue weighted by atomic mass is 16.5. The van der Waals surface area contributed by atoms with Crippen LogP contribution in [0.2, 0.25) is 0 Å². The highest BCUT2D eigenvalue weighted by Crippen LogP contribution is 2.22. The lowest BCUT2D eigenvalue weighted by molar-refractivity contribution is -0.137. The lowest BCUT2D eigenvalue weighted by atomic mass is 9.94. The van der Waals surface area contributed by atoms with E-state index in [2.05, 4.69) is 53.5 Å². The molecule has 1 N–H and O–H groups in total. The van der Waals surface area contributed by atoms with Crippen LogP contribution in [0.4, 0.5) is 0 Å². The summed E-state index contributed by atoms with van der Waals surface area (Å²) in [4.78, 5) is 19.4. The number of nitrogens with zero attached hydrogens (tertiary/aromatic N) is 3. The van der Waals surface area contributed by atoms with Crippen molar-refractivity contribution in [2.75, 3.05) is 66.5 Å². The largest absolute Gasteiger partial charge is 0.494 e. The molecule has 0 aromatic heterocycles. The SMILES string of the molecule is CN(C)CCCOc1ccc(CN2CCC(C(=O)N3CCNCC3)CC2)cc1. The molecule has 0 atom stereocenters. The average molecular weight is 389 g/mol. The Labute approximate surface area is 169 Å². The Morgan fingerprint density at radius 1 is 1.11 bits per heavy atom. The van der Waals surface area contributed by atoms with Gasteiger partial charge in [-0.3, -0.25) is 9.69 Å². The first-order valence-electron chi connectivity index (χ1n) is 10.7. The number of piperidine rings is 1.